The van der Waals surface area contributed by atoms with Crippen LogP contribution in [0.3, 0.4) is 0 Å². The summed E-state index contributed by atoms with van der Waals surface area (Å²) in [5, 5.41) is 0. The van der Waals surface area contributed by atoms with E-state index in [4.69, 9.17) is 15.2 Å². The maximum absolute atomic E-state index is 11.5. The molecule has 1 saturated carbocycles. The molecule has 1 aliphatic heterocycles. The van der Waals surface area contributed by atoms with Gasteiger partial charge in [-0.2, -0.15) is 0 Å². The molecule has 0 bridgehead atoms. The van der Waals surface area contributed by atoms with Gasteiger partial charge in [-0.15, -0.1) is 0 Å². The topological polar surface area (TPSA) is 78.6 Å². The number of nitrogens with two attached hydrogens (primary N) is 1. The third-order valence-electron chi connectivity index (χ3n) is 2.39. The molecule has 15 heavy (non-hydrogen) atoms. The van der Waals surface area contributed by atoms with Crippen molar-refractivity contribution in [3.05, 3.63) is 11.3 Å². The highest BCUT2D eigenvalue weighted by Crippen LogP contribution is 2.37. The highest BCUT2D eigenvalue weighted by Gasteiger charge is 2.42. The summed E-state index contributed by atoms with van der Waals surface area (Å²) in [4.78, 5) is 23.1. The van der Waals surface area contributed by atoms with E-state index >= 15 is 0 Å². The molecule has 0 radical (unpaired) electrons. The van der Waals surface area contributed by atoms with Crippen LogP contribution in [0.1, 0.15) is 26.7 Å². The fraction of sp³-hybridized carbons (Fsp3) is 0.600. The largest absolute Gasteiger partial charge is 0.419 e. The number of ether oxygens (including phenoxy) is 2. The van der Waals surface area contributed by atoms with E-state index in [0.29, 0.717) is 5.70 Å². The van der Waals surface area contributed by atoms with E-state index in [1.54, 1.807) is 0 Å². The van der Waals surface area contributed by atoms with Crippen molar-refractivity contribution in [2.45, 2.75) is 32.5 Å². The van der Waals surface area contributed by atoms with Gasteiger partial charge in [-0.05, 0) is 18.8 Å². The standard InChI is InChI=1S/C10H13NO4/c1-10(2)14-8(12)6(9(13)15-10)7(11)5-3-4-5/h5H,3-4,11H2,1-2H3. The molecular formula is C10H13NO4. The summed E-state index contributed by atoms with van der Waals surface area (Å²) in [5.74, 6) is -2.41. The van der Waals surface area contributed by atoms with Gasteiger partial charge in [-0.3, -0.25) is 0 Å². The molecule has 0 atom stereocenters. The van der Waals surface area contributed by atoms with Gasteiger partial charge in [0.15, 0.2) is 5.57 Å². The van der Waals surface area contributed by atoms with Crippen LogP contribution in [0.4, 0.5) is 0 Å². The Hall–Kier alpha value is -1.52. The Morgan fingerprint density at radius 3 is 2.13 bits per heavy atom. The van der Waals surface area contributed by atoms with Gasteiger partial charge in [0.25, 0.3) is 5.79 Å². The monoisotopic (exact) mass is 211 g/mol. The van der Waals surface area contributed by atoms with E-state index in [2.05, 4.69) is 0 Å². The molecule has 0 spiro atoms. The Kier molecular flexibility index (Phi) is 1.99. The van der Waals surface area contributed by atoms with Crippen molar-refractivity contribution >= 4 is 11.9 Å². The minimum atomic E-state index is -1.19. The van der Waals surface area contributed by atoms with Crippen LogP contribution in [0, 0.1) is 5.92 Å². The number of esters is 2. The zero-order valence-corrected chi connectivity index (χ0v) is 8.70. The number of hydrogen-bond acceptors (Lipinski definition) is 5. The summed E-state index contributed by atoms with van der Waals surface area (Å²) in [7, 11) is 0. The third kappa shape index (κ3) is 1.82. The van der Waals surface area contributed by atoms with Crippen molar-refractivity contribution in [1.82, 2.24) is 0 Å². The molecule has 2 N–H and O–H groups in total. The van der Waals surface area contributed by atoms with Crippen LogP contribution < -0.4 is 5.73 Å². The quantitative estimate of drug-likeness (QED) is 0.387. The predicted molar refractivity (Wildman–Crippen MR) is 50.2 cm³/mol. The molecule has 1 heterocycles. The molecular weight excluding hydrogens is 198 g/mol. The second kappa shape index (κ2) is 2.98. The van der Waals surface area contributed by atoms with Gasteiger partial charge < -0.3 is 15.2 Å². The first-order valence-electron chi connectivity index (χ1n) is 4.87. The zero-order chi connectivity index (χ0) is 11.2. The van der Waals surface area contributed by atoms with Gasteiger partial charge in [0, 0.05) is 19.5 Å². The summed E-state index contributed by atoms with van der Waals surface area (Å²) < 4.78 is 9.87. The molecule has 1 saturated heterocycles. The Morgan fingerprint density at radius 2 is 1.73 bits per heavy atom. The maximum Gasteiger partial charge on any atom is 0.350 e. The lowest BCUT2D eigenvalue weighted by molar-refractivity contribution is -0.222. The highest BCUT2D eigenvalue weighted by molar-refractivity contribution is 6.16. The van der Waals surface area contributed by atoms with Crippen molar-refractivity contribution in [2.24, 2.45) is 11.7 Å². The van der Waals surface area contributed by atoms with Crippen molar-refractivity contribution in [3.8, 4) is 0 Å². The van der Waals surface area contributed by atoms with Gasteiger partial charge in [-0.1, -0.05) is 0 Å². The SMILES string of the molecule is CC1(C)OC(=O)C(=C(N)C2CC2)C(=O)O1. The van der Waals surface area contributed by atoms with E-state index in [-0.39, 0.29) is 11.5 Å². The number of allylic oxidation sites excluding steroid dienone is 1. The van der Waals surface area contributed by atoms with Gasteiger partial charge in [0.2, 0.25) is 0 Å². The molecule has 0 amide bonds. The summed E-state index contributed by atoms with van der Waals surface area (Å²) >= 11 is 0. The van der Waals surface area contributed by atoms with Crippen LogP contribution in [-0.2, 0) is 19.1 Å². The molecule has 2 fully saturated rings. The van der Waals surface area contributed by atoms with E-state index < -0.39 is 17.7 Å². The van der Waals surface area contributed by atoms with Gasteiger partial charge in [-0.25, -0.2) is 9.59 Å². The first-order valence-corrected chi connectivity index (χ1v) is 4.87. The Morgan fingerprint density at radius 1 is 1.27 bits per heavy atom. The van der Waals surface area contributed by atoms with Gasteiger partial charge in [0.05, 0.1) is 0 Å². The molecule has 0 aromatic carbocycles. The number of rotatable bonds is 1. The first-order chi connectivity index (χ1) is 6.91. The van der Waals surface area contributed by atoms with E-state index in [1.807, 2.05) is 0 Å². The predicted octanol–water partition coefficient (Wildman–Crippen LogP) is 0.445. The normalized spacial score (nSPS) is 24.5. The fourth-order valence-electron chi connectivity index (χ4n) is 1.49. The van der Waals surface area contributed by atoms with Crippen LogP contribution in [0.5, 0.6) is 0 Å². The lowest BCUT2D eigenvalue weighted by Crippen LogP contribution is -2.43. The number of hydrogen-bond donors (Lipinski definition) is 1. The van der Waals surface area contributed by atoms with Gasteiger partial charge in [0.1, 0.15) is 0 Å². The lowest BCUT2D eigenvalue weighted by Gasteiger charge is -2.30. The second-order valence-electron chi connectivity index (χ2n) is 4.28. The third-order valence-corrected chi connectivity index (χ3v) is 2.39. The van der Waals surface area contributed by atoms with Crippen molar-refractivity contribution in [3.63, 3.8) is 0 Å². The maximum atomic E-state index is 11.5. The first kappa shape index (κ1) is 10.0. The molecule has 82 valence electrons. The smallest absolute Gasteiger partial charge is 0.350 e. The van der Waals surface area contributed by atoms with Crippen LogP contribution >= 0.6 is 0 Å². The van der Waals surface area contributed by atoms with E-state index in [0.717, 1.165) is 12.8 Å². The van der Waals surface area contributed by atoms with E-state index in [1.165, 1.54) is 13.8 Å². The average Bonchev–Trinajstić information content (AvgIpc) is 2.80. The molecule has 0 aromatic rings. The molecule has 5 nitrogen and oxygen atoms in total. The number of carbonyl (C=O) groups is 2. The van der Waals surface area contributed by atoms with Crippen molar-refractivity contribution in [2.75, 3.05) is 0 Å². The minimum Gasteiger partial charge on any atom is -0.419 e. The van der Waals surface area contributed by atoms with Crippen molar-refractivity contribution in [1.29, 1.82) is 0 Å². The molecule has 0 aromatic heterocycles. The lowest BCUT2D eigenvalue weighted by atomic mass is 10.1. The highest BCUT2D eigenvalue weighted by atomic mass is 16.7. The van der Waals surface area contributed by atoms with E-state index in [9.17, 15) is 9.59 Å². The Labute approximate surface area is 87.2 Å². The molecule has 0 unspecified atom stereocenters. The van der Waals surface area contributed by atoms with Crippen molar-refractivity contribution < 1.29 is 19.1 Å². The summed E-state index contributed by atoms with van der Waals surface area (Å²) in [6, 6.07) is 0. The second-order valence-corrected chi connectivity index (χ2v) is 4.28. The molecule has 5 heteroatoms. The van der Waals surface area contributed by atoms with Crippen LogP contribution in [0.15, 0.2) is 11.3 Å². The Bertz CT molecular complexity index is 344. The molecule has 2 aliphatic rings. The average molecular weight is 211 g/mol. The minimum absolute atomic E-state index is 0.128. The van der Waals surface area contributed by atoms with Crippen LogP contribution in [-0.4, -0.2) is 17.7 Å². The Balaban J connectivity index is 2.31. The summed E-state index contributed by atoms with van der Waals surface area (Å²) in [6.07, 6.45) is 1.83. The van der Waals surface area contributed by atoms with Crippen LogP contribution in [0.25, 0.3) is 0 Å². The van der Waals surface area contributed by atoms with Gasteiger partial charge >= 0.3 is 11.9 Å². The molecule has 1 aliphatic carbocycles. The van der Waals surface area contributed by atoms with Crippen LogP contribution in [0.2, 0.25) is 0 Å². The fourth-order valence-corrected chi connectivity index (χ4v) is 1.49. The zero-order valence-electron chi connectivity index (χ0n) is 8.70. The molecule has 2 rings (SSSR count). The summed E-state index contributed by atoms with van der Waals surface area (Å²) in [6.45, 7) is 3.01. The number of carbonyl (C=O) groups excluding carboxylic acids is 2. The number of cyclic esters (lactones) is 2. The summed E-state index contributed by atoms with van der Waals surface area (Å²) in [5.41, 5.74) is 5.88.